The van der Waals surface area contributed by atoms with Crippen molar-refractivity contribution < 1.29 is 14.6 Å². The number of amides is 1. The standard InChI is InChI=1S/C19H29NO3/c1-12(2)15-7-5-13(3)9-16(15)19(22)20-11-14-6-8-17(21)18(10-14)23-4/h6,8,10,12-13,15-16,21H,5,7,9,11H2,1-4H3,(H,20,22)/t13-,15+,16-/m1/s1. The third-order valence-electron chi connectivity index (χ3n) is 5.07. The molecule has 1 aromatic carbocycles. The van der Waals surface area contributed by atoms with Crippen LogP contribution >= 0.6 is 0 Å². The lowest BCUT2D eigenvalue weighted by Crippen LogP contribution is -2.39. The van der Waals surface area contributed by atoms with E-state index in [2.05, 4.69) is 26.1 Å². The fourth-order valence-electron chi connectivity index (χ4n) is 3.66. The molecule has 4 heteroatoms. The highest BCUT2D eigenvalue weighted by Gasteiger charge is 2.35. The van der Waals surface area contributed by atoms with E-state index in [-0.39, 0.29) is 17.6 Å². The molecule has 1 aliphatic carbocycles. The van der Waals surface area contributed by atoms with Crippen LogP contribution in [0.1, 0.15) is 45.6 Å². The molecule has 0 aliphatic heterocycles. The molecular formula is C19H29NO3. The maximum absolute atomic E-state index is 12.7. The summed E-state index contributed by atoms with van der Waals surface area (Å²) in [6, 6.07) is 5.17. The first-order valence-corrected chi connectivity index (χ1v) is 8.56. The van der Waals surface area contributed by atoms with E-state index in [0.29, 0.717) is 30.0 Å². The molecule has 1 aromatic rings. The quantitative estimate of drug-likeness (QED) is 0.869. The second-order valence-electron chi connectivity index (χ2n) is 7.16. The first-order chi connectivity index (χ1) is 10.9. The van der Waals surface area contributed by atoms with E-state index < -0.39 is 0 Å². The zero-order valence-electron chi connectivity index (χ0n) is 14.6. The SMILES string of the molecule is COc1cc(CNC(=O)[C@@H]2C[C@H](C)CC[C@H]2C(C)C)ccc1O. The number of carbonyl (C=O) groups excluding carboxylic acids is 1. The van der Waals surface area contributed by atoms with Gasteiger partial charge in [0.15, 0.2) is 11.5 Å². The van der Waals surface area contributed by atoms with Crippen molar-refractivity contribution in [2.24, 2.45) is 23.7 Å². The van der Waals surface area contributed by atoms with Crippen LogP contribution < -0.4 is 10.1 Å². The lowest BCUT2D eigenvalue weighted by molar-refractivity contribution is -0.129. The lowest BCUT2D eigenvalue weighted by atomic mass is 9.70. The zero-order chi connectivity index (χ0) is 17.0. The monoisotopic (exact) mass is 319 g/mol. The van der Waals surface area contributed by atoms with Gasteiger partial charge in [-0.2, -0.15) is 0 Å². The van der Waals surface area contributed by atoms with E-state index in [0.717, 1.165) is 18.4 Å². The maximum Gasteiger partial charge on any atom is 0.223 e. The average Bonchev–Trinajstić information content (AvgIpc) is 2.53. The zero-order valence-corrected chi connectivity index (χ0v) is 14.6. The second kappa shape index (κ2) is 7.71. The van der Waals surface area contributed by atoms with Gasteiger partial charge < -0.3 is 15.2 Å². The van der Waals surface area contributed by atoms with Crippen LogP contribution in [-0.2, 0) is 11.3 Å². The van der Waals surface area contributed by atoms with Crippen LogP contribution in [0.15, 0.2) is 18.2 Å². The number of phenolic OH excluding ortho intramolecular Hbond substituents is 1. The van der Waals surface area contributed by atoms with Crippen molar-refractivity contribution in [3.05, 3.63) is 23.8 Å². The number of hydrogen-bond acceptors (Lipinski definition) is 3. The third-order valence-corrected chi connectivity index (χ3v) is 5.07. The summed E-state index contributed by atoms with van der Waals surface area (Å²) in [6.07, 6.45) is 3.35. The maximum atomic E-state index is 12.7. The minimum absolute atomic E-state index is 0.109. The number of aromatic hydroxyl groups is 1. The Kier molecular flexibility index (Phi) is 5.91. The molecule has 1 saturated carbocycles. The Labute approximate surface area is 139 Å². The number of phenols is 1. The first kappa shape index (κ1) is 17.6. The van der Waals surface area contributed by atoms with Gasteiger partial charge >= 0.3 is 0 Å². The van der Waals surface area contributed by atoms with E-state index in [1.54, 1.807) is 12.1 Å². The molecule has 0 aromatic heterocycles. The van der Waals surface area contributed by atoms with E-state index in [4.69, 9.17) is 4.74 Å². The highest BCUT2D eigenvalue weighted by Crippen LogP contribution is 2.38. The van der Waals surface area contributed by atoms with Crippen molar-refractivity contribution in [2.45, 2.75) is 46.6 Å². The summed E-state index contributed by atoms with van der Waals surface area (Å²) < 4.78 is 5.11. The van der Waals surface area contributed by atoms with Gasteiger partial charge in [-0.3, -0.25) is 4.79 Å². The number of nitrogens with one attached hydrogen (secondary N) is 1. The highest BCUT2D eigenvalue weighted by molar-refractivity contribution is 5.79. The molecular weight excluding hydrogens is 290 g/mol. The van der Waals surface area contributed by atoms with E-state index in [1.165, 1.54) is 13.5 Å². The van der Waals surface area contributed by atoms with Crippen molar-refractivity contribution in [1.82, 2.24) is 5.32 Å². The molecule has 1 fully saturated rings. The van der Waals surface area contributed by atoms with Gasteiger partial charge in [0.2, 0.25) is 5.91 Å². The second-order valence-corrected chi connectivity index (χ2v) is 7.16. The van der Waals surface area contributed by atoms with Crippen LogP contribution in [0, 0.1) is 23.7 Å². The molecule has 0 bridgehead atoms. The largest absolute Gasteiger partial charge is 0.504 e. The molecule has 3 atom stereocenters. The molecule has 2 N–H and O–H groups in total. The molecule has 1 amide bonds. The summed E-state index contributed by atoms with van der Waals surface area (Å²) in [5.74, 6) is 2.44. The number of ether oxygens (including phenoxy) is 1. The van der Waals surface area contributed by atoms with Crippen molar-refractivity contribution in [2.75, 3.05) is 7.11 Å². The summed E-state index contributed by atoms with van der Waals surface area (Å²) in [6.45, 7) is 7.13. The summed E-state index contributed by atoms with van der Waals surface area (Å²) in [5, 5.41) is 12.7. The Hall–Kier alpha value is -1.71. The van der Waals surface area contributed by atoms with Crippen molar-refractivity contribution in [3.63, 3.8) is 0 Å². The number of rotatable bonds is 5. The molecule has 128 valence electrons. The fourth-order valence-corrected chi connectivity index (χ4v) is 3.66. The number of methoxy groups -OCH3 is 1. The van der Waals surface area contributed by atoms with Crippen LogP contribution in [0.25, 0.3) is 0 Å². The summed E-state index contributed by atoms with van der Waals surface area (Å²) >= 11 is 0. The van der Waals surface area contributed by atoms with E-state index in [1.807, 2.05) is 6.07 Å². The number of hydrogen-bond donors (Lipinski definition) is 2. The molecule has 0 saturated heterocycles. The van der Waals surface area contributed by atoms with Crippen LogP contribution in [0.4, 0.5) is 0 Å². The summed E-state index contributed by atoms with van der Waals surface area (Å²) in [5.41, 5.74) is 0.929. The molecule has 23 heavy (non-hydrogen) atoms. The molecule has 0 unspecified atom stereocenters. The normalized spacial score (nSPS) is 24.5. The van der Waals surface area contributed by atoms with E-state index >= 15 is 0 Å². The van der Waals surface area contributed by atoms with Crippen molar-refractivity contribution in [1.29, 1.82) is 0 Å². The molecule has 1 aliphatic rings. The van der Waals surface area contributed by atoms with Crippen LogP contribution in [-0.4, -0.2) is 18.1 Å². The van der Waals surface area contributed by atoms with Gasteiger partial charge in [-0.05, 0) is 48.3 Å². The van der Waals surface area contributed by atoms with Gasteiger partial charge in [0.1, 0.15) is 0 Å². The van der Waals surface area contributed by atoms with Crippen LogP contribution in [0.2, 0.25) is 0 Å². The Morgan fingerprint density at radius 1 is 1.39 bits per heavy atom. The third kappa shape index (κ3) is 4.40. The molecule has 2 rings (SSSR count). The summed E-state index contributed by atoms with van der Waals surface area (Å²) in [4.78, 5) is 12.7. The van der Waals surface area contributed by atoms with Crippen LogP contribution in [0.3, 0.4) is 0 Å². The topological polar surface area (TPSA) is 58.6 Å². The summed E-state index contributed by atoms with van der Waals surface area (Å²) in [7, 11) is 1.52. The van der Waals surface area contributed by atoms with Gasteiger partial charge in [-0.1, -0.05) is 33.3 Å². The Balaban J connectivity index is 2.00. The van der Waals surface area contributed by atoms with Gasteiger partial charge in [0.25, 0.3) is 0 Å². The Bertz CT molecular complexity index is 541. The predicted octanol–water partition coefficient (Wildman–Crippen LogP) is 3.73. The minimum Gasteiger partial charge on any atom is -0.504 e. The lowest BCUT2D eigenvalue weighted by Gasteiger charge is -2.36. The van der Waals surface area contributed by atoms with Crippen LogP contribution in [0.5, 0.6) is 11.5 Å². The fraction of sp³-hybridized carbons (Fsp3) is 0.632. The van der Waals surface area contributed by atoms with E-state index in [9.17, 15) is 9.90 Å². The average molecular weight is 319 g/mol. The minimum atomic E-state index is 0.109. The highest BCUT2D eigenvalue weighted by atomic mass is 16.5. The predicted molar refractivity (Wildman–Crippen MR) is 91.3 cm³/mol. The number of carbonyl (C=O) groups is 1. The van der Waals surface area contributed by atoms with Gasteiger partial charge in [-0.25, -0.2) is 0 Å². The Morgan fingerprint density at radius 3 is 2.78 bits per heavy atom. The number of benzene rings is 1. The van der Waals surface area contributed by atoms with Crippen molar-refractivity contribution >= 4 is 5.91 Å². The molecule has 0 spiro atoms. The Morgan fingerprint density at radius 2 is 2.13 bits per heavy atom. The van der Waals surface area contributed by atoms with Crippen molar-refractivity contribution in [3.8, 4) is 11.5 Å². The first-order valence-electron chi connectivity index (χ1n) is 8.56. The smallest absolute Gasteiger partial charge is 0.223 e. The van der Waals surface area contributed by atoms with Gasteiger partial charge in [0, 0.05) is 12.5 Å². The molecule has 0 heterocycles. The molecule has 0 radical (unpaired) electrons. The van der Waals surface area contributed by atoms with Gasteiger partial charge in [0.05, 0.1) is 7.11 Å². The van der Waals surface area contributed by atoms with Gasteiger partial charge in [-0.15, -0.1) is 0 Å². The molecule has 4 nitrogen and oxygen atoms in total.